The van der Waals surface area contributed by atoms with Crippen molar-refractivity contribution < 1.29 is 17.9 Å². The number of methoxy groups -OCH3 is 1. The maximum absolute atomic E-state index is 14.7. The van der Waals surface area contributed by atoms with Gasteiger partial charge in [0.2, 0.25) is 0 Å². The SMILES string of the molecule is COc1cncc(-c2cc(-c3nnc(-c4ccc(F)cn4)o3)nc(C)c2F)c1. The van der Waals surface area contributed by atoms with Crippen LogP contribution in [0, 0.1) is 18.6 Å². The zero-order valence-corrected chi connectivity index (χ0v) is 14.8. The van der Waals surface area contributed by atoms with Crippen LogP contribution in [-0.4, -0.2) is 32.3 Å². The first-order valence-corrected chi connectivity index (χ1v) is 8.17. The molecule has 0 saturated heterocycles. The van der Waals surface area contributed by atoms with Crippen molar-refractivity contribution in [2.75, 3.05) is 7.11 Å². The molecule has 7 nitrogen and oxygen atoms in total. The Hall–Kier alpha value is -3.75. The average molecular weight is 381 g/mol. The van der Waals surface area contributed by atoms with Crippen LogP contribution in [-0.2, 0) is 0 Å². The Morgan fingerprint density at radius 3 is 2.46 bits per heavy atom. The van der Waals surface area contributed by atoms with Crippen LogP contribution in [0.1, 0.15) is 5.69 Å². The van der Waals surface area contributed by atoms with Gasteiger partial charge in [0.05, 0.1) is 25.2 Å². The first-order valence-electron chi connectivity index (χ1n) is 8.17. The molecule has 28 heavy (non-hydrogen) atoms. The van der Waals surface area contributed by atoms with E-state index in [9.17, 15) is 8.78 Å². The van der Waals surface area contributed by atoms with Gasteiger partial charge in [0.1, 0.15) is 23.0 Å². The molecule has 0 saturated carbocycles. The van der Waals surface area contributed by atoms with Crippen LogP contribution in [0.3, 0.4) is 0 Å². The van der Waals surface area contributed by atoms with E-state index >= 15 is 0 Å². The summed E-state index contributed by atoms with van der Waals surface area (Å²) in [6.07, 6.45) is 4.09. The van der Waals surface area contributed by atoms with E-state index in [1.54, 1.807) is 6.07 Å². The summed E-state index contributed by atoms with van der Waals surface area (Å²) < 4.78 is 38.5. The Morgan fingerprint density at radius 1 is 0.964 bits per heavy atom. The van der Waals surface area contributed by atoms with Gasteiger partial charge < -0.3 is 9.15 Å². The van der Waals surface area contributed by atoms with Crippen molar-refractivity contribution in [2.24, 2.45) is 0 Å². The minimum atomic E-state index is -0.487. The normalized spacial score (nSPS) is 10.9. The Balaban J connectivity index is 1.77. The number of hydrogen-bond acceptors (Lipinski definition) is 7. The van der Waals surface area contributed by atoms with Crippen molar-refractivity contribution in [1.29, 1.82) is 0 Å². The van der Waals surface area contributed by atoms with Gasteiger partial charge in [-0.3, -0.25) is 4.98 Å². The molecule has 0 aliphatic heterocycles. The summed E-state index contributed by atoms with van der Waals surface area (Å²) >= 11 is 0. The van der Waals surface area contributed by atoms with Gasteiger partial charge in [-0.2, -0.15) is 0 Å². The number of nitrogens with zero attached hydrogens (tertiary/aromatic N) is 5. The Morgan fingerprint density at radius 2 is 1.75 bits per heavy atom. The number of aromatic nitrogens is 5. The fourth-order valence-electron chi connectivity index (χ4n) is 2.59. The summed E-state index contributed by atoms with van der Waals surface area (Å²) in [5, 5.41) is 7.86. The van der Waals surface area contributed by atoms with E-state index < -0.39 is 11.6 Å². The summed E-state index contributed by atoms with van der Waals surface area (Å²) in [5.41, 5.74) is 1.56. The molecule has 4 aromatic heterocycles. The third-order valence-corrected chi connectivity index (χ3v) is 3.97. The minimum absolute atomic E-state index is 0.0846. The lowest BCUT2D eigenvalue weighted by molar-refractivity contribution is 0.413. The van der Waals surface area contributed by atoms with Gasteiger partial charge in [-0.1, -0.05) is 0 Å². The third kappa shape index (κ3) is 3.29. The van der Waals surface area contributed by atoms with Gasteiger partial charge in [-0.25, -0.2) is 18.7 Å². The second-order valence-electron chi connectivity index (χ2n) is 5.84. The molecule has 4 aromatic rings. The first-order chi connectivity index (χ1) is 13.5. The molecular weight excluding hydrogens is 368 g/mol. The molecule has 4 rings (SSSR count). The smallest absolute Gasteiger partial charge is 0.266 e. The van der Waals surface area contributed by atoms with Crippen LogP contribution in [0.15, 0.2) is 47.3 Å². The summed E-state index contributed by atoms with van der Waals surface area (Å²) in [4.78, 5) is 12.1. The highest BCUT2D eigenvalue weighted by Crippen LogP contribution is 2.30. The number of hydrogen-bond donors (Lipinski definition) is 0. The van der Waals surface area contributed by atoms with Gasteiger partial charge in [0.15, 0.2) is 5.82 Å². The molecule has 0 fully saturated rings. The molecule has 0 spiro atoms. The molecular formula is C19H13F2N5O2. The van der Waals surface area contributed by atoms with E-state index in [-0.39, 0.29) is 28.7 Å². The third-order valence-electron chi connectivity index (χ3n) is 3.97. The van der Waals surface area contributed by atoms with Gasteiger partial charge >= 0.3 is 0 Å². The molecule has 4 heterocycles. The van der Waals surface area contributed by atoms with E-state index in [0.717, 1.165) is 6.20 Å². The second-order valence-corrected chi connectivity index (χ2v) is 5.84. The summed E-state index contributed by atoms with van der Waals surface area (Å²) in [6, 6.07) is 5.81. The standard InChI is InChI=1S/C19H13F2N5O2/c1-10-17(21)14(11-5-13(27-2)9-22-7-11)6-16(24-10)19-26-25-18(28-19)15-4-3-12(20)8-23-15/h3-9H,1-2H3. The number of pyridine rings is 3. The molecule has 9 heteroatoms. The van der Waals surface area contributed by atoms with Crippen LogP contribution in [0.4, 0.5) is 8.78 Å². The summed E-state index contributed by atoms with van der Waals surface area (Å²) in [5.74, 6) is -0.283. The van der Waals surface area contributed by atoms with Crippen molar-refractivity contribution >= 4 is 0 Å². The van der Waals surface area contributed by atoms with Crippen LogP contribution >= 0.6 is 0 Å². The van der Waals surface area contributed by atoms with E-state index in [0.29, 0.717) is 17.0 Å². The van der Waals surface area contributed by atoms with Crippen molar-refractivity contribution in [1.82, 2.24) is 25.1 Å². The quantitative estimate of drug-likeness (QED) is 0.531. The Bertz CT molecular complexity index is 1150. The largest absolute Gasteiger partial charge is 0.495 e. The van der Waals surface area contributed by atoms with Crippen LogP contribution in [0.5, 0.6) is 5.75 Å². The second kappa shape index (κ2) is 7.10. The Labute approximate surface area is 158 Å². The predicted molar refractivity (Wildman–Crippen MR) is 95.2 cm³/mol. The molecule has 0 aromatic carbocycles. The average Bonchev–Trinajstić information content (AvgIpc) is 3.21. The molecule has 0 radical (unpaired) electrons. The van der Waals surface area contributed by atoms with Crippen LogP contribution in [0.25, 0.3) is 34.3 Å². The number of rotatable bonds is 4. The van der Waals surface area contributed by atoms with E-state index in [1.807, 2.05) is 0 Å². The van der Waals surface area contributed by atoms with Crippen molar-refractivity contribution in [3.05, 3.63) is 60.2 Å². The fraction of sp³-hybridized carbons (Fsp3) is 0.105. The highest BCUT2D eigenvalue weighted by Gasteiger charge is 2.18. The van der Waals surface area contributed by atoms with Gasteiger partial charge in [-0.05, 0) is 31.2 Å². The van der Waals surface area contributed by atoms with Crippen molar-refractivity contribution in [2.45, 2.75) is 6.92 Å². The first kappa shape index (κ1) is 17.7. The highest BCUT2D eigenvalue weighted by atomic mass is 19.1. The van der Waals surface area contributed by atoms with Gasteiger partial charge in [0.25, 0.3) is 11.8 Å². The maximum Gasteiger partial charge on any atom is 0.266 e. The summed E-state index contributed by atoms with van der Waals surface area (Å²) in [7, 11) is 1.50. The molecule has 140 valence electrons. The molecule has 0 aliphatic rings. The number of aryl methyl sites for hydroxylation is 1. The lowest BCUT2D eigenvalue weighted by Gasteiger charge is -2.08. The summed E-state index contributed by atoms with van der Waals surface area (Å²) in [6.45, 7) is 1.54. The fourth-order valence-corrected chi connectivity index (χ4v) is 2.59. The van der Waals surface area contributed by atoms with Crippen LogP contribution < -0.4 is 4.74 Å². The van der Waals surface area contributed by atoms with Crippen molar-refractivity contribution in [3.63, 3.8) is 0 Å². The van der Waals surface area contributed by atoms with E-state index in [2.05, 4.69) is 25.1 Å². The molecule has 0 N–H and O–H groups in total. The predicted octanol–water partition coefficient (Wildman–Crippen LogP) is 3.85. The van der Waals surface area contributed by atoms with Crippen molar-refractivity contribution in [3.8, 4) is 40.0 Å². The van der Waals surface area contributed by atoms with Gasteiger partial charge in [-0.15, -0.1) is 10.2 Å². The minimum Gasteiger partial charge on any atom is -0.495 e. The molecule has 0 unspecified atom stereocenters. The maximum atomic E-state index is 14.7. The molecule has 0 aliphatic carbocycles. The molecule has 0 bridgehead atoms. The molecule has 0 atom stereocenters. The lowest BCUT2D eigenvalue weighted by Crippen LogP contribution is -1.97. The Kier molecular flexibility index (Phi) is 4.48. The lowest BCUT2D eigenvalue weighted by atomic mass is 10.1. The number of ether oxygens (including phenoxy) is 1. The number of halogens is 2. The molecule has 0 amide bonds. The van der Waals surface area contributed by atoms with Crippen LogP contribution in [0.2, 0.25) is 0 Å². The highest BCUT2D eigenvalue weighted by molar-refractivity contribution is 5.69. The topological polar surface area (TPSA) is 86.8 Å². The van der Waals surface area contributed by atoms with Gasteiger partial charge in [0, 0.05) is 17.3 Å². The zero-order valence-electron chi connectivity index (χ0n) is 14.8. The monoisotopic (exact) mass is 381 g/mol. The van der Waals surface area contributed by atoms with E-state index in [1.165, 1.54) is 44.6 Å². The van der Waals surface area contributed by atoms with E-state index in [4.69, 9.17) is 9.15 Å². The zero-order chi connectivity index (χ0) is 19.7.